The van der Waals surface area contributed by atoms with Crippen molar-refractivity contribution < 1.29 is 9.21 Å². The number of halogens is 1. The maximum Gasteiger partial charge on any atom is 0.266 e. The van der Waals surface area contributed by atoms with E-state index < -0.39 is 5.91 Å². The lowest BCUT2D eigenvalue weighted by Gasteiger charge is -2.04. The van der Waals surface area contributed by atoms with Crippen LogP contribution in [0.3, 0.4) is 0 Å². The fourth-order valence-electron chi connectivity index (χ4n) is 2.33. The lowest BCUT2D eigenvalue weighted by atomic mass is 10.2. The van der Waals surface area contributed by atoms with Crippen LogP contribution in [0.25, 0.3) is 17.4 Å². The number of anilines is 1. The molecule has 3 rings (SSSR count). The standard InChI is InChI=1S/C21H15BrN2O2/c1-14-2-8-18(9-3-14)24-21(25)16(13-23)12-19-10-11-20(26-19)15-4-6-17(22)7-5-15/h2-12H,1H3,(H,24,25). The zero-order valence-electron chi connectivity index (χ0n) is 14.0. The summed E-state index contributed by atoms with van der Waals surface area (Å²) in [5, 5.41) is 12.0. The molecule has 0 radical (unpaired) electrons. The Kier molecular flexibility index (Phi) is 5.35. The molecule has 2 aromatic carbocycles. The van der Waals surface area contributed by atoms with Gasteiger partial charge in [-0.25, -0.2) is 0 Å². The van der Waals surface area contributed by atoms with Gasteiger partial charge < -0.3 is 9.73 Å². The first-order valence-electron chi connectivity index (χ1n) is 7.91. The average molecular weight is 407 g/mol. The number of nitrogens with one attached hydrogen (secondary N) is 1. The van der Waals surface area contributed by atoms with E-state index in [1.54, 1.807) is 18.2 Å². The number of rotatable bonds is 4. The Morgan fingerprint density at radius 3 is 2.42 bits per heavy atom. The number of nitriles is 1. The second-order valence-corrected chi connectivity index (χ2v) is 6.61. The Labute approximate surface area is 159 Å². The summed E-state index contributed by atoms with van der Waals surface area (Å²) in [6, 6.07) is 20.5. The molecule has 0 aliphatic heterocycles. The van der Waals surface area contributed by atoms with E-state index in [1.807, 2.05) is 55.5 Å². The van der Waals surface area contributed by atoms with Gasteiger partial charge >= 0.3 is 0 Å². The van der Waals surface area contributed by atoms with Gasteiger partial charge in [-0.05, 0) is 43.3 Å². The number of carbonyl (C=O) groups excluding carboxylic acids is 1. The number of furan rings is 1. The van der Waals surface area contributed by atoms with E-state index >= 15 is 0 Å². The molecular weight excluding hydrogens is 392 g/mol. The van der Waals surface area contributed by atoms with Crippen molar-refractivity contribution in [2.75, 3.05) is 5.32 Å². The first-order chi connectivity index (χ1) is 12.5. The number of nitrogens with zero attached hydrogens (tertiary/aromatic N) is 1. The fourth-order valence-corrected chi connectivity index (χ4v) is 2.59. The minimum Gasteiger partial charge on any atom is -0.457 e. The Hall–Kier alpha value is -3.10. The zero-order chi connectivity index (χ0) is 18.5. The molecule has 128 valence electrons. The van der Waals surface area contributed by atoms with E-state index in [2.05, 4.69) is 21.2 Å². The highest BCUT2D eigenvalue weighted by Crippen LogP contribution is 2.25. The summed E-state index contributed by atoms with van der Waals surface area (Å²) in [5.41, 5.74) is 2.62. The molecule has 0 saturated carbocycles. The van der Waals surface area contributed by atoms with Gasteiger partial charge in [-0.15, -0.1) is 0 Å². The molecular formula is C21H15BrN2O2. The molecule has 0 bridgehead atoms. The van der Waals surface area contributed by atoms with Crippen molar-refractivity contribution in [3.05, 3.63) is 82.0 Å². The SMILES string of the molecule is Cc1ccc(NC(=O)C(C#N)=Cc2ccc(-c3ccc(Br)cc3)o2)cc1. The van der Waals surface area contributed by atoms with Crippen LogP contribution in [-0.4, -0.2) is 5.91 Å². The molecule has 0 fully saturated rings. The van der Waals surface area contributed by atoms with Crippen LogP contribution in [0.2, 0.25) is 0 Å². The van der Waals surface area contributed by atoms with Gasteiger partial charge in [-0.1, -0.05) is 45.8 Å². The quantitative estimate of drug-likeness (QED) is 0.455. The number of carbonyl (C=O) groups is 1. The second kappa shape index (κ2) is 7.85. The van der Waals surface area contributed by atoms with Gasteiger partial charge in [0.2, 0.25) is 0 Å². The molecule has 26 heavy (non-hydrogen) atoms. The van der Waals surface area contributed by atoms with Crippen LogP contribution in [0.1, 0.15) is 11.3 Å². The van der Waals surface area contributed by atoms with Crippen LogP contribution >= 0.6 is 15.9 Å². The number of amides is 1. The highest BCUT2D eigenvalue weighted by atomic mass is 79.9. The van der Waals surface area contributed by atoms with Crippen molar-refractivity contribution in [3.8, 4) is 17.4 Å². The van der Waals surface area contributed by atoms with Gasteiger partial charge in [0, 0.05) is 21.8 Å². The molecule has 0 aliphatic carbocycles. The van der Waals surface area contributed by atoms with Gasteiger partial charge in [-0.2, -0.15) is 5.26 Å². The average Bonchev–Trinajstić information content (AvgIpc) is 3.11. The fraction of sp³-hybridized carbons (Fsp3) is 0.0476. The van der Waals surface area contributed by atoms with E-state index in [0.29, 0.717) is 17.2 Å². The molecule has 0 spiro atoms. The van der Waals surface area contributed by atoms with E-state index in [1.165, 1.54) is 6.08 Å². The molecule has 1 aromatic heterocycles. The summed E-state index contributed by atoms with van der Waals surface area (Å²) < 4.78 is 6.71. The Bertz CT molecular complexity index is 994. The minimum atomic E-state index is -0.474. The monoisotopic (exact) mass is 406 g/mol. The van der Waals surface area contributed by atoms with Crippen molar-refractivity contribution in [2.45, 2.75) is 6.92 Å². The predicted octanol–water partition coefficient (Wildman–Crippen LogP) is 5.56. The Morgan fingerprint density at radius 2 is 1.77 bits per heavy atom. The third-order valence-corrected chi connectivity index (χ3v) is 4.25. The topological polar surface area (TPSA) is 66.0 Å². The van der Waals surface area contributed by atoms with Gasteiger partial charge in [-0.3, -0.25) is 4.79 Å². The summed E-state index contributed by atoms with van der Waals surface area (Å²) in [5.74, 6) is 0.636. The van der Waals surface area contributed by atoms with Crippen LogP contribution < -0.4 is 5.32 Å². The normalized spacial score (nSPS) is 11.0. The van der Waals surface area contributed by atoms with Gasteiger partial charge in [0.15, 0.2) is 0 Å². The minimum absolute atomic E-state index is 0.0257. The first-order valence-corrected chi connectivity index (χ1v) is 8.70. The van der Waals surface area contributed by atoms with Gasteiger partial charge in [0.05, 0.1) is 0 Å². The van der Waals surface area contributed by atoms with Crippen molar-refractivity contribution in [1.82, 2.24) is 0 Å². The molecule has 1 amide bonds. The second-order valence-electron chi connectivity index (χ2n) is 5.70. The first kappa shape index (κ1) is 17.7. The van der Waals surface area contributed by atoms with E-state index in [-0.39, 0.29) is 5.57 Å². The lowest BCUT2D eigenvalue weighted by molar-refractivity contribution is -0.112. The van der Waals surface area contributed by atoms with E-state index in [4.69, 9.17) is 4.42 Å². The smallest absolute Gasteiger partial charge is 0.266 e. The molecule has 0 saturated heterocycles. The van der Waals surface area contributed by atoms with Crippen LogP contribution in [0.15, 0.2) is 75.1 Å². The molecule has 1 N–H and O–H groups in total. The highest BCUT2D eigenvalue weighted by molar-refractivity contribution is 9.10. The molecule has 5 heteroatoms. The molecule has 4 nitrogen and oxygen atoms in total. The van der Waals surface area contributed by atoms with Crippen molar-refractivity contribution in [1.29, 1.82) is 5.26 Å². The van der Waals surface area contributed by atoms with Crippen LogP contribution in [0, 0.1) is 18.3 Å². The third kappa shape index (κ3) is 4.29. The largest absolute Gasteiger partial charge is 0.457 e. The molecule has 3 aromatic rings. The van der Waals surface area contributed by atoms with E-state index in [9.17, 15) is 10.1 Å². The molecule has 1 heterocycles. The molecule has 0 aliphatic rings. The summed E-state index contributed by atoms with van der Waals surface area (Å²) >= 11 is 3.39. The maximum absolute atomic E-state index is 12.3. The molecule has 0 atom stereocenters. The zero-order valence-corrected chi connectivity index (χ0v) is 15.6. The van der Waals surface area contributed by atoms with Crippen LogP contribution in [0.4, 0.5) is 5.69 Å². The summed E-state index contributed by atoms with van der Waals surface area (Å²) in [6.07, 6.45) is 1.44. The summed E-state index contributed by atoms with van der Waals surface area (Å²) in [6.45, 7) is 1.96. The van der Waals surface area contributed by atoms with Gasteiger partial charge in [0.1, 0.15) is 23.2 Å². The van der Waals surface area contributed by atoms with Crippen molar-refractivity contribution in [2.24, 2.45) is 0 Å². The van der Waals surface area contributed by atoms with Crippen LogP contribution in [-0.2, 0) is 4.79 Å². The van der Waals surface area contributed by atoms with Gasteiger partial charge in [0.25, 0.3) is 5.91 Å². The van der Waals surface area contributed by atoms with Crippen molar-refractivity contribution >= 4 is 33.6 Å². The summed E-state index contributed by atoms with van der Waals surface area (Å²) in [4.78, 5) is 12.3. The number of hydrogen-bond donors (Lipinski definition) is 1. The van der Waals surface area contributed by atoms with E-state index in [0.717, 1.165) is 15.6 Å². The third-order valence-electron chi connectivity index (χ3n) is 3.72. The molecule has 0 unspecified atom stereocenters. The van der Waals surface area contributed by atoms with Crippen molar-refractivity contribution in [3.63, 3.8) is 0 Å². The maximum atomic E-state index is 12.3. The van der Waals surface area contributed by atoms with Crippen LogP contribution in [0.5, 0.6) is 0 Å². The number of aryl methyl sites for hydroxylation is 1. The Morgan fingerprint density at radius 1 is 1.08 bits per heavy atom. The number of hydrogen-bond acceptors (Lipinski definition) is 3. The number of benzene rings is 2. The Balaban J connectivity index is 1.78. The lowest BCUT2D eigenvalue weighted by Crippen LogP contribution is -2.13. The predicted molar refractivity (Wildman–Crippen MR) is 105 cm³/mol. The summed E-state index contributed by atoms with van der Waals surface area (Å²) in [7, 11) is 0. The highest BCUT2D eigenvalue weighted by Gasteiger charge is 2.11.